The van der Waals surface area contributed by atoms with Gasteiger partial charge in [0, 0.05) is 49.8 Å². The summed E-state index contributed by atoms with van der Waals surface area (Å²) in [5.74, 6) is -6.68. The number of hydrogen-bond donors (Lipinski definition) is 11. The summed E-state index contributed by atoms with van der Waals surface area (Å²) in [6.45, 7) is 14.0. The van der Waals surface area contributed by atoms with Crippen LogP contribution in [0.2, 0.25) is 0 Å². The zero-order valence-corrected chi connectivity index (χ0v) is 43.2. The highest BCUT2D eigenvalue weighted by Gasteiger charge is 2.39. The van der Waals surface area contributed by atoms with E-state index in [4.69, 9.17) is 0 Å². The molecule has 4 heterocycles. The number of rotatable bonds is 4. The highest BCUT2D eigenvalue weighted by Crippen LogP contribution is 2.62. The van der Waals surface area contributed by atoms with Crippen molar-refractivity contribution in [2.24, 2.45) is 0 Å². The van der Waals surface area contributed by atoms with Crippen LogP contribution in [0.1, 0.15) is 62.9 Å². The minimum atomic E-state index is -0.937. The van der Waals surface area contributed by atoms with E-state index >= 15 is 0 Å². The molecule has 14 nitrogen and oxygen atoms in total. The number of aromatic nitrogens is 3. The van der Waals surface area contributed by atoms with Gasteiger partial charge in [0.15, 0.2) is 34.5 Å². The number of benzene rings is 8. The lowest BCUT2D eigenvalue weighted by molar-refractivity contribution is 0.397. The van der Waals surface area contributed by atoms with Gasteiger partial charge in [0.1, 0.15) is 45.3 Å². The third kappa shape index (κ3) is 5.69. The molecule has 383 valence electrons. The van der Waals surface area contributed by atoms with Gasteiger partial charge < -0.3 is 69.9 Å². The number of phenols is 11. The average Bonchev–Trinajstić information content (AvgIpc) is 3.51. The van der Waals surface area contributed by atoms with Crippen LogP contribution in [0.15, 0.2) is 72.8 Å². The van der Waals surface area contributed by atoms with Gasteiger partial charge >= 0.3 is 0 Å². The van der Waals surface area contributed by atoms with E-state index in [2.05, 4.69) is 34.9 Å². The average molecular weight is 1020 g/mol. The highest BCUT2D eigenvalue weighted by atomic mass is 16.3. The van der Waals surface area contributed by atoms with Gasteiger partial charge in [-0.15, -0.1) is 0 Å². The maximum absolute atomic E-state index is 13.2. The number of para-hydroxylation sites is 1. The molecule has 3 aromatic heterocycles. The molecule has 2 aliphatic rings. The molecule has 0 bridgehead atoms. The zero-order chi connectivity index (χ0) is 54.4. The first-order chi connectivity index (χ1) is 36.7. The highest BCUT2D eigenvalue weighted by molar-refractivity contribution is 6.74. The summed E-state index contributed by atoms with van der Waals surface area (Å²) in [5.41, 5.74) is 8.31. The van der Waals surface area contributed by atoms with Crippen LogP contribution in [0.5, 0.6) is 63.2 Å². The van der Waals surface area contributed by atoms with Gasteiger partial charge in [0.25, 0.3) is 0 Å². The van der Waals surface area contributed by atoms with Crippen LogP contribution in [0.4, 0.5) is 0 Å². The zero-order valence-electron chi connectivity index (χ0n) is 43.2. The van der Waals surface area contributed by atoms with E-state index in [1.807, 2.05) is 39.8 Å². The quantitative estimate of drug-likeness (QED) is 0.0450. The Morgan fingerprint density at radius 3 is 1.62 bits per heavy atom. The van der Waals surface area contributed by atoms with Crippen LogP contribution < -0.4 is 10.9 Å². The Balaban J connectivity index is 1.22. The van der Waals surface area contributed by atoms with Crippen molar-refractivity contribution in [3.8, 4) is 91.4 Å². The summed E-state index contributed by atoms with van der Waals surface area (Å²) in [6, 6.07) is 16.7. The number of aromatic hydroxyl groups is 11. The number of aryl methyl sites for hydroxylation is 3. The van der Waals surface area contributed by atoms with Crippen LogP contribution in [-0.4, -0.2) is 77.2 Å². The standard InChI is InChI=1S/C62H51BN3O11/c1-23-24(2)45-38-37-43(27(5)52(67)28(6)47(37)65(45)34-21-15-18-32(22-34)31-16-11-9-12-17-31)63-44-48-40(53(68)29(7)55(44)70)41-51(66(48)46(38)25(23)3)62(77)59(74)42(57(41)72)36-26(4)35-39-50(60(75)56(71)30(8)54(39)69)64(33-19-13-10-14-20-33)49(35)61(76)58(36)73/h9-11,13-16,18-22,67-77H,12,17H2,1-8H3. The Hall–Kier alpha value is -9.50. The van der Waals surface area contributed by atoms with E-state index in [0.29, 0.717) is 49.8 Å². The van der Waals surface area contributed by atoms with Gasteiger partial charge in [-0.3, -0.25) is 0 Å². The van der Waals surface area contributed by atoms with E-state index in [9.17, 15) is 56.2 Å². The Labute approximate surface area is 439 Å². The number of nitrogens with zero attached hydrogens (tertiary/aromatic N) is 3. The lowest BCUT2D eigenvalue weighted by Crippen LogP contribution is -2.33. The van der Waals surface area contributed by atoms with Crippen LogP contribution in [0, 0.1) is 55.4 Å². The molecule has 1 aliphatic carbocycles. The molecule has 1 radical (unpaired) electrons. The molecule has 77 heavy (non-hydrogen) atoms. The van der Waals surface area contributed by atoms with Crippen LogP contribution >= 0.6 is 0 Å². The monoisotopic (exact) mass is 1020 g/mol. The summed E-state index contributed by atoms with van der Waals surface area (Å²) in [6.07, 6.45) is 8.07. The first kappa shape index (κ1) is 47.2. The lowest BCUT2D eigenvalue weighted by atomic mass is 9.59. The molecule has 8 aromatic carbocycles. The van der Waals surface area contributed by atoms with Crippen molar-refractivity contribution in [3.05, 3.63) is 123 Å². The van der Waals surface area contributed by atoms with Crippen molar-refractivity contribution in [1.82, 2.24) is 13.7 Å². The molecule has 1 aliphatic heterocycles. The van der Waals surface area contributed by atoms with Crippen molar-refractivity contribution in [2.45, 2.75) is 68.2 Å². The molecule has 0 saturated heterocycles. The fourth-order valence-electron chi connectivity index (χ4n) is 12.9. The van der Waals surface area contributed by atoms with Crippen molar-refractivity contribution >= 4 is 89.2 Å². The fraction of sp³-hybridized carbons (Fsp3) is 0.161. The number of allylic oxidation sites excluding steroid dienone is 4. The summed E-state index contributed by atoms with van der Waals surface area (Å²) in [7, 11) is 1.74. The van der Waals surface area contributed by atoms with Gasteiger partial charge in [0.2, 0.25) is 7.28 Å². The fourth-order valence-corrected chi connectivity index (χ4v) is 12.9. The summed E-state index contributed by atoms with van der Waals surface area (Å²) >= 11 is 0. The molecule has 0 fully saturated rings. The van der Waals surface area contributed by atoms with Gasteiger partial charge in [0.05, 0.1) is 44.0 Å². The second-order valence-electron chi connectivity index (χ2n) is 20.8. The molecular formula is C62H51BN3O11. The SMILES string of the molecule is Cc1c(O)c(O)c2c(c1O)c1c(C)c(-c3c(O)c(O)c4c(c3O)c3c(O)c(C)c(O)c5c3n4-c3c(C)c(C)c(C)c4c3c3c(c(C)c(O)c(C)c3n4-c3cccc(C4=CC=CCC4)c3)[B]5)c(O)c(O)c1n2-c1ccccc1. The van der Waals surface area contributed by atoms with Gasteiger partial charge in [-0.2, -0.15) is 0 Å². The van der Waals surface area contributed by atoms with Crippen LogP contribution in [0.3, 0.4) is 0 Å². The van der Waals surface area contributed by atoms with Crippen molar-refractivity contribution in [1.29, 1.82) is 0 Å². The third-order valence-electron chi connectivity index (χ3n) is 17.0. The Bertz CT molecular complexity index is 4690. The van der Waals surface area contributed by atoms with E-state index < -0.39 is 57.3 Å². The molecule has 13 rings (SSSR count). The van der Waals surface area contributed by atoms with Crippen molar-refractivity contribution < 1.29 is 56.2 Å². The van der Waals surface area contributed by atoms with E-state index in [0.717, 1.165) is 40.7 Å². The first-order valence-electron chi connectivity index (χ1n) is 25.2. The maximum Gasteiger partial charge on any atom is 0.200 e. The van der Waals surface area contributed by atoms with Crippen LogP contribution in [0.25, 0.3) is 99.2 Å². The molecule has 0 unspecified atom stereocenters. The molecular weight excluding hydrogens is 974 g/mol. The number of hydrogen-bond acceptors (Lipinski definition) is 11. The van der Waals surface area contributed by atoms with Gasteiger partial charge in [-0.1, -0.05) is 54.0 Å². The van der Waals surface area contributed by atoms with Gasteiger partial charge in [-0.05, 0) is 137 Å². The second-order valence-corrected chi connectivity index (χ2v) is 20.8. The third-order valence-corrected chi connectivity index (χ3v) is 17.0. The van der Waals surface area contributed by atoms with E-state index in [-0.39, 0.29) is 82.8 Å². The molecule has 0 atom stereocenters. The second kappa shape index (κ2) is 15.8. The van der Waals surface area contributed by atoms with Crippen LogP contribution in [-0.2, 0) is 0 Å². The smallest absolute Gasteiger partial charge is 0.200 e. The largest absolute Gasteiger partial charge is 0.508 e. The molecule has 0 spiro atoms. The van der Waals surface area contributed by atoms with E-state index in [1.54, 1.807) is 49.1 Å². The van der Waals surface area contributed by atoms with Crippen molar-refractivity contribution in [3.63, 3.8) is 0 Å². The maximum atomic E-state index is 13.2. The molecule has 0 saturated carbocycles. The molecule has 11 aromatic rings. The van der Waals surface area contributed by atoms with Gasteiger partial charge in [-0.25, -0.2) is 0 Å². The topological polar surface area (TPSA) is 237 Å². The predicted octanol–water partition coefficient (Wildman–Crippen LogP) is 11.6. The lowest BCUT2D eigenvalue weighted by Gasteiger charge is -2.23. The molecule has 0 amide bonds. The number of fused-ring (bicyclic) bond motifs is 7. The normalized spacial score (nSPS) is 13.3. The molecule has 15 heteroatoms. The molecule has 11 N–H and O–H groups in total. The van der Waals surface area contributed by atoms with Crippen molar-refractivity contribution in [2.75, 3.05) is 0 Å². The Morgan fingerprint density at radius 1 is 0.377 bits per heavy atom. The predicted molar refractivity (Wildman–Crippen MR) is 302 cm³/mol. The summed E-state index contributed by atoms with van der Waals surface area (Å²) in [5, 5.41) is 136. The Morgan fingerprint density at radius 2 is 0.948 bits per heavy atom. The van der Waals surface area contributed by atoms with E-state index in [1.165, 1.54) is 30.9 Å². The minimum absolute atomic E-state index is 0.00580. The number of phenolic OH excluding ortho intramolecular Hbond substituents is 11. The first-order valence-corrected chi connectivity index (χ1v) is 25.2. The summed E-state index contributed by atoms with van der Waals surface area (Å²) in [4.78, 5) is 0. The summed E-state index contributed by atoms with van der Waals surface area (Å²) < 4.78 is 5.16. The Kier molecular flexibility index (Phi) is 9.68. The minimum Gasteiger partial charge on any atom is -0.508 e.